The summed E-state index contributed by atoms with van der Waals surface area (Å²) in [5.41, 5.74) is 5.90. The molecule has 1 atom stereocenters. The van der Waals surface area contributed by atoms with Crippen molar-refractivity contribution < 1.29 is 18.4 Å². The third-order valence-electron chi connectivity index (χ3n) is 5.13. The van der Waals surface area contributed by atoms with Crippen molar-refractivity contribution in [3.05, 3.63) is 59.7 Å². The summed E-state index contributed by atoms with van der Waals surface area (Å²) in [6.45, 7) is 5.65. The van der Waals surface area contributed by atoms with E-state index in [2.05, 4.69) is 32.0 Å². The zero-order chi connectivity index (χ0) is 20.2. The lowest BCUT2D eigenvalue weighted by Gasteiger charge is -2.25. The van der Waals surface area contributed by atoms with E-state index in [-0.39, 0.29) is 6.42 Å². The van der Waals surface area contributed by atoms with Crippen molar-refractivity contribution in [1.29, 1.82) is 0 Å². The Hall–Kier alpha value is -2.18. The van der Waals surface area contributed by atoms with Crippen LogP contribution in [0.5, 0.6) is 0 Å². The van der Waals surface area contributed by atoms with Crippen LogP contribution in [0.4, 0.5) is 0 Å². The van der Waals surface area contributed by atoms with Gasteiger partial charge in [0.05, 0.1) is 0 Å². The van der Waals surface area contributed by atoms with Crippen LogP contribution in [0.3, 0.4) is 0 Å². The van der Waals surface area contributed by atoms with Crippen molar-refractivity contribution in [2.24, 2.45) is 0 Å². The molecule has 5 nitrogen and oxygen atoms in total. The Morgan fingerprint density at radius 3 is 2.26 bits per heavy atom. The van der Waals surface area contributed by atoms with Crippen LogP contribution in [0.15, 0.2) is 48.5 Å². The summed E-state index contributed by atoms with van der Waals surface area (Å²) >= 11 is 0. The summed E-state index contributed by atoms with van der Waals surface area (Å²) in [7, 11) is -3.68. The van der Waals surface area contributed by atoms with Crippen LogP contribution in [0.25, 0.3) is 11.1 Å². The molecule has 0 spiro atoms. The fourth-order valence-electron chi connectivity index (χ4n) is 2.91. The molecule has 1 amide bonds. The summed E-state index contributed by atoms with van der Waals surface area (Å²) in [4.78, 5) is 11.9. The van der Waals surface area contributed by atoms with Crippen LogP contribution in [0.2, 0.25) is 0 Å². The van der Waals surface area contributed by atoms with Gasteiger partial charge >= 0.3 is 0 Å². The Bertz CT molecular complexity index is 904. The number of carbonyl (C=O) groups is 1. The lowest BCUT2D eigenvalue weighted by Crippen LogP contribution is -2.49. The minimum absolute atomic E-state index is 0.0837. The van der Waals surface area contributed by atoms with Crippen LogP contribution >= 0.6 is 0 Å². The van der Waals surface area contributed by atoms with Gasteiger partial charge in [0.15, 0.2) is 9.84 Å². The maximum atomic E-state index is 12.0. The molecule has 0 unspecified atom stereocenters. The van der Waals surface area contributed by atoms with Gasteiger partial charge in [0.25, 0.3) is 5.91 Å². The first-order chi connectivity index (χ1) is 12.6. The second-order valence-corrected chi connectivity index (χ2v) is 9.87. The van der Waals surface area contributed by atoms with E-state index in [1.165, 1.54) is 18.0 Å². The normalized spacial score (nSPS) is 14.0. The number of hydroxylamine groups is 1. The summed E-state index contributed by atoms with van der Waals surface area (Å²) < 4.78 is 22.4. The minimum Gasteiger partial charge on any atom is -0.289 e. The number of nitrogens with one attached hydrogen (secondary N) is 1. The van der Waals surface area contributed by atoms with Gasteiger partial charge in [0, 0.05) is 6.26 Å². The van der Waals surface area contributed by atoms with Gasteiger partial charge in [-0.15, -0.1) is 0 Å². The van der Waals surface area contributed by atoms with E-state index in [0.29, 0.717) is 12.3 Å². The number of aryl methyl sites for hydroxylation is 1. The fourth-order valence-corrected chi connectivity index (χ4v) is 3.76. The van der Waals surface area contributed by atoms with E-state index in [4.69, 9.17) is 5.21 Å². The van der Waals surface area contributed by atoms with Crippen LogP contribution in [0.1, 0.15) is 44.2 Å². The van der Waals surface area contributed by atoms with Crippen molar-refractivity contribution in [2.75, 3.05) is 6.26 Å². The van der Waals surface area contributed by atoms with Gasteiger partial charge in [-0.2, -0.15) is 0 Å². The number of amides is 1. The molecule has 0 heterocycles. The van der Waals surface area contributed by atoms with E-state index in [0.717, 1.165) is 22.9 Å². The predicted octanol–water partition coefficient (Wildman–Crippen LogP) is 3.72. The van der Waals surface area contributed by atoms with E-state index < -0.39 is 20.5 Å². The highest BCUT2D eigenvalue weighted by atomic mass is 32.2. The zero-order valence-electron chi connectivity index (χ0n) is 16.2. The fraction of sp³-hybridized carbons (Fsp3) is 0.381. The Labute approximate surface area is 161 Å². The predicted molar refractivity (Wildman–Crippen MR) is 107 cm³/mol. The lowest BCUT2D eigenvalue weighted by molar-refractivity contribution is -0.131. The van der Waals surface area contributed by atoms with Crippen LogP contribution in [-0.4, -0.2) is 30.5 Å². The van der Waals surface area contributed by atoms with E-state index in [1.807, 2.05) is 30.3 Å². The van der Waals surface area contributed by atoms with Gasteiger partial charge in [-0.3, -0.25) is 10.0 Å². The number of carbonyl (C=O) groups excluding carboxylic acids is 1. The second kappa shape index (κ2) is 8.23. The smallest absolute Gasteiger partial charge is 0.264 e. The maximum absolute atomic E-state index is 12.0. The molecule has 0 aromatic heterocycles. The minimum atomic E-state index is -3.68. The molecule has 146 valence electrons. The molecule has 0 radical (unpaired) electrons. The first-order valence-corrected chi connectivity index (χ1v) is 10.8. The molecule has 2 N–H and O–H groups in total. The van der Waals surface area contributed by atoms with Crippen molar-refractivity contribution >= 4 is 15.7 Å². The van der Waals surface area contributed by atoms with Crippen LogP contribution in [-0.2, 0) is 21.1 Å². The SMILES string of the molecule is CC(C)c1cccc(-c2ccc(CC[C@](C)(C(=O)NO)S(C)(=O)=O)cc2)c1. The molecule has 6 heteroatoms. The monoisotopic (exact) mass is 389 g/mol. The lowest BCUT2D eigenvalue weighted by atomic mass is 9.95. The molecule has 0 fully saturated rings. The highest BCUT2D eigenvalue weighted by Crippen LogP contribution is 2.27. The molecule has 2 aromatic rings. The summed E-state index contributed by atoms with van der Waals surface area (Å²) in [6.07, 6.45) is 1.50. The van der Waals surface area contributed by atoms with Crippen LogP contribution in [0, 0.1) is 0 Å². The Morgan fingerprint density at radius 1 is 1.11 bits per heavy atom. The number of hydrogen-bond acceptors (Lipinski definition) is 4. The molecule has 0 saturated heterocycles. The second-order valence-electron chi connectivity index (χ2n) is 7.42. The molecule has 0 aliphatic rings. The van der Waals surface area contributed by atoms with Gasteiger partial charge in [-0.1, -0.05) is 62.4 Å². The molecule has 0 saturated carbocycles. The van der Waals surface area contributed by atoms with Crippen LogP contribution < -0.4 is 5.48 Å². The third kappa shape index (κ3) is 4.76. The first-order valence-electron chi connectivity index (χ1n) is 8.92. The van der Waals surface area contributed by atoms with Crippen molar-refractivity contribution in [1.82, 2.24) is 5.48 Å². The number of benzene rings is 2. The Kier molecular flexibility index (Phi) is 6.44. The molecular formula is C21H27NO4S. The number of hydrogen-bond donors (Lipinski definition) is 2. The van der Waals surface area contributed by atoms with Crippen molar-refractivity contribution in [2.45, 2.75) is 44.3 Å². The van der Waals surface area contributed by atoms with Gasteiger partial charge in [0.1, 0.15) is 4.75 Å². The van der Waals surface area contributed by atoms with E-state index in [9.17, 15) is 13.2 Å². The molecule has 2 rings (SSSR count). The van der Waals surface area contributed by atoms with Gasteiger partial charge in [-0.25, -0.2) is 13.9 Å². The van der Waals surface area contributed by atoms with Crippen molar-refractivity contribution in [3.63, 3.8) is 0 Å². The molecular weight excluding hydrogens is 362 g/mol. The average Bonchev–Trinajstić information content (AvgIpc) is 2.65. The topological polar surface area (TPSA) is 83.5 Å². The summed E-state index contributed by atoms with van der Waals surface area (Å²) in [6, 6.07) is 16.3. The average molecular weight is 390 g/mol. The van der Waals surface area contributed by atoms with Gasteiger partial charge in [0.2, 0.25) is 0 Å². The number of sulfone groups is 1. The zero-order valence-corrected chi connectivity index (χ0v) is 17.0. The Balaban J connectivity index is 2.18. The standard InChI is InChI=1S/C21H27NO4S/c1-15(2)18-6-5-7-19(14-18)17-10-8-16(9-11-17)12-13-21(3,20(23)22-24)27(4,25)26/h5-11,14-15,24H,12-13H2,1-4H3,(H,22,23)/t21-/m1/s1. The van der Waals surface area contributed by atoms with Gasteiger partial charge in [-0.05, 0) is 47.9 Å². The van der Waals surface area contributed by atoms with Gasteiger partial charge < -0.3 is 0 Å². The molecule has 0 aliphatic heterocycles. The van der Waals surface area contributed by atoms with E-state index >= 15 is 0 Å². The largest absolute Gasteiger partial charge is 0.289 e. The maximum Gasteiger partial charge on any atom is 0.264 e. The Morgan fingerprint density at radius 2 is 1.74 bits per heavy atom. The molecule has 27 heavy (non-hydrogen) atoms. The van der Waals surface area contributed by atoms with Crippen molar-refractivity contribution in [3.8, 4) is 11.1 Å². The number of rotatable bonds is 7. The van der Waals surface area contributed by atoms with E-state index in [1.54, 1.807) is 0 Å². The summed E-state index contributed by atoms with van der Waals surface area (Å²) in [5, 5.41) is 8.89. The molecule has 0 aliphatic carbocycles. The molecule has 2 aromatic carbocycles. The highest BCUT2D eigenvalue weighted by Gasteiger charge is 2.43. The first kappa shape index (κ1) is 21.1. The molecule has 0 bridgehead atoms. The quantitative estimate of drug-likeness (QED) is 0.558. The summed E-state index contributed by atoms with van der Waals surface area (Å²) in [5.74, 6) is -0.456. The highest BCUT2D eigenvalue weighted by molar-refractivity contribution is 7.92. The third-order valence-corrected chi connectivity index (χ3v) is 7.16.